The van der Waals surface area contributed by atoms with Crippen LogP contribution in [0.2, 0.25) is 0 Å². The second kappa shape index (κ2) is 8.83. The molecule has 148 valence electrons. The Labute approximate surface area is 166 Å². The Morgan fingerprint density at radius 3 is 2.07 bits per heavy atom. The zero-order valence-electron chi connectivity index (χ0n) is 17.2. The third kappa shape index (κ3) is 5.52. The maximum absolute atomic E-state index is 12.5. The summed E-state index contributed by atoms with van der Waals surface area (Å²) < 4.78 is 0. The summed E-state index contributed by atoms with van der Waals surface area (Å²) >= 11 is 0. The highest BCUT2D eigenvalue weighted by molar-refractivity contribution is 5.97. The van der Waals surface area contributed by atoms with Gasteiger partial charge >= 0.3 is 0 Å². The van der Waals surface area contributed by atoms with Gasteiger partial charge in [-0.25, -0.2) is 0 Å². The van der Waals surface area contributed by atoms with Gasteiger partial charge in [0.25, 0.3) is 0 Å². The van der Waals surface area contributed by atoms with E-state index in [0.29, 0.717) is 11.3 Å². The Kier molecular flexibility index (Phi) is 6.73. The number of hydrogen-bond donors (Lipinski definition) is 1. The van der Waals surface area contributed by atoms with E-state index in [1.54, 1.807) is 29.2 Å². The molecule has 1 N–H and O–H groups in total. The van der Waals surface area contributed by atoms with Crippen LogP contribution in [0.4, 0.5) is 11.4 Å². The Balaban J connectivity index is 2.07. The van der Waals surface area contributed by atoms with Gasteiger partial charge in [0.2, 0.25) is 11.8 Å². The summed E-state index contributed by atoms with van der Waals surface area (Å²) in [5.41, 5.74) is 3.02. The second-order valence-corrected chi connectivity index (χ2v) is 7.87. The van der Waals surface area contributed by atoms with Crippen LogP contribution in [-0.4, -0.2) is 24.1 Å². The van der Waals surface area contributed by atoms with Gasteiger partial charge in [-0.2, -0.15) is 0 Å². The van der Waals surface area contributed by atoms with Crippen molar-refractivity contribution in [2.75, 3.05) is 16.8 Å². The number of anilines is 2. The predicted molar refractivity (Wildman–Crippen MR) is 113 cm³/mol. The first-order valence-corrected chi connectivity index (χ1v) is 9.38. The van der Waals surface area contributed by atoms with Crippen LogP contribution in [0.5, 0.6) is 0 Å². The van der Waals surface area contributed by atoms with Crippen LogP contribution in [0.3, 0.4) is 0 Å². The van der Waals surface area contributed by atoms with E-state index in [2.05, 4.69) is 26.1 Å². The van der Waals surface area contributed by atoms with Crippen molar-refractivity contribution in [2.24, 2.45) is 0 Å². The molecule has 0 atom stereocenters. The number of hydrogen-bond acceptors (Lipinski definition) is 3. The molecule has 0 fully saturated rings. The summed E-state index contributed by atoms with van der Waals surface area (Å²) in [6.45, 7) is 9.52. The van der Waals surface area contributed by atoms with Crippen LogP contribution in [-0.2, 0) is 15.0 Å². The second-order valence-electron chi connectivity index (χ2n) is 7.87. The van der Waals surface area contributed by atoms with Gasteiger partial charge < -0.3 is 10.2 Å². The van der Waals surface area contributed by atoms with Crippen molar-refractivity contribution in [1.29, 1.82) is 0 Å². The Hall–Kier alpha value is -2.95. The standard InChI is InChI=1S/C23H28N2O3/c1-16(26)18-10-12-19(13-11-18)25(17(2)27)15-14-22(28)24-21-9-7-6-8-20(21)23(3,4)5/h6-13H,14-15H2,1-5H3,(H,24,28). The van der Waals surface area contributed by atoms with Gasteiger partial charge in [-0.05, 0) is 48.2 Å². The first-order chi connectivity index (χ1) is 13.1. The van der Waals surface area contributed by atoms with Crippen molar-refractivity contribution in [1.82, 2.24) is 0 Å². The number of benzene rings is 2. The summed E-state index contributed by atoms with van der Waals surface area (Å²) in [5, 5.41) is 2.97. The lowest BCUT2D eigenvalue weighted by Gasteiger charge is -2.24. The first-order valence-electron chi connectivity index (χ1n) is 9.38. The minimum Gasteiger partial charge on any atom is -0.326 e. The predicted octanol–water partition coefficient (Wildman–Crippen LogP) is 4.57. The first kappa shape index (κ1) is 21.4. The number of amides is 2. The zero-order chi connectivity index (χ0) is 20.9. The van der Waals surface area contributed by atoms with Gasteiger partial charge in [0, 0.05) is 36.8 Å². The molecular weight excluding hydrogens is 352 g/mol. The van der Waals surface area contributed by atoms with Crippen molar-refractivity contribution in [2.45, 2.75) is 46.5 Å². The van der Waals surface area contributed by atoms with Crippen LogP contribution in [0.15, 0.2) is 48.5 Å². The summed E-state index contributed by atoms with van der Waals surface area (Å²) in [5.74, 6) is -0.334. The number of para-hydroxylation sites is 1. The van der Waals surface area contributed by atoms with E-state index < -0.39 is 0 Å². The Morgan fingerprint density at radius 2 is 1.54 bits per heavy atom. The van der Waals surface area contributed by atoms with Crippen LogP contribution < -0.4 is 10.2 Å². The van der Waals surface area contributed by atoms with Crippen LogP contribution in [0.25, 0.3) is 0 Å². The lowest BCUT2D eigenvalue weighted by atomic mass is 9.86. The fourth-order valence-electron chi connectivity index (χ4n) is 3.02. The van der Waals surface area contributed by atoms with Crippen molar-refractivity contribution in [3.63, 3.8) is 0 Å². The molecule has 0 aliphatic carbocycles. The van der Waals surface area contributed by atoms with Crippen LogP contribution in [0.1, 0.15) is 57.0 Å². The van der Waals surface area contributed by atoms with Gasteiger partial charge in [0.1, 0.15) is 0 Å². The highest BCUT2D eigenvalue weighted by Gasteiger charge is 2.19. The fraction of sp³-hybridized carbons (Fsp3) is 0.348. The topological polar surface area (TPSA) is 66.5 Å². The molecule has 0 bridgehead atoms. The molecule has 2 amide bonds. The highest BCUT2D eigenvalue weighted by Crippen LogP contribution is 2.29. The molecule has 0 spiro atoms. The maximum Gasteiger partial charge on any atom is 0.226 e. The van der Waals surface area contributed by atoms with Gasteiger partial charge in [-0.1, -0.05) is 39.0 Å². The maximum atomic E-state index is 12.5. The molecule has 5 nitrogen and oxygen atoms in total. The Morgan fingerprint density at radius 1 is 0.929 bits per heavy atom. The van der Waals surface area contributed by atoms with Gasteiger partial charge in [0.15, 0.2) is 5.78 Å². The van der Waals surface area contributed by atoms with E-state index in [1.807, 2.05) is 24.3 Å². The molecule has 2 rings (SSSR count). The molecule has 0 aliphatic heterocycles. The van der Waals surface area contributed by atoms with Crippen molar-refractivity contribution >= 4 is 29.0 Å². The third-order valence-electron chi connectivity index (χ3n) is 4.54. The molecule has 28 heavy (non-hydrogen) atoms. The average molecular weight is 380 g/mol. The normalized spacial score (nSPS) is 11.0. The van der Waals surface area contributed by atoms with Crippen molar-refractivity contribution < 1.29 is 14.4 Å². The highest BCUT2D eigenvalue weighted by atomic mass is 16.2. The molecular formula is C23H28N2O3. The molecule has 0 saturated heterocycles. The molecule has 2 aromatic rings. The molecule has 0 unspecified atom stereocenters. The smallest absolute Gasteiger partial charge is 0.226 e. The number of Topliss-reactive ketones (excluding diaryl/α,β-unsaturated/α-hetero) is 1. The molecule has 0 aromatic heterocycles. The minimum atomic E-state index is -0.154. The van der Waals surface area contributed by atoms with E-state index in [4.69, 9.17) is 0 Å². The number of carbonyl (C=O) groups is 3. The van der Waals surface area contributed by atoms with E-state index in [0.717, 1.165) is 11.3 Å². The van der Waals surface area contributed by atoms with Gasteiger partial charge in [-0.15, -0.1) is 0 Å². The monoisotopic (exact) mass is 380 g/mol. The summed E-state index contributed by atoms with van der Waals surface area (Å²) in [7, 11) is 0. The van der Waals surface area contributed by atoms with E-state index in [-0.39, 0.29) is 36.0 Å². The number of rotatable bonds is 6. The molecule has 0 heterocycles. The SMILES string of the molecule is CC(=O)c1ccc(N(CCC(=O)Nc2ccccc2C(C)(C)C)C(C)=O)cc1. The quantitative estimate of drug-likeness (QED) is 0.747. The molecule has 0 saturated carbocycles. The molecule has 5 heteroatoms. The number of nitrogens with zero attached hydrogens (tertiary/aromatic N) is 1. The Bertz CT molecular complexity index is 864. The van der Waals surface area contributed by atoms with Gasteiger partial charge in [-0.3, -0.25) is 14.4 Å². The lowest BCUT2D eigenvalue weighted by Crippen LogP contribution is -2.32. The zero-order valence-corrected chi connectivity index (χ0v) is 17.2. The van der Waals surface area contributed by atoms with Crippen LogP contribution in [0, 0.1) is 0 Å². The molecule has 2 aromatic carbocycles. The minimum absolute atomic E-state index is 0.0298. The summed E-state index contributed by atoms with van der Waals surface area (Å²) in [6.07, 6.45) is 0.173. The largest absolute Gasteiger partial charge is 0.326 e. The average Bonchev–Trinajstić information content (AvgIpc) is 2.61. The molecule has 0 radical (unpaired) electrons. The number of ketones is 1. The van der Waals surface area contributed by atoms with E-state index in [9.17, 15) is 14.4 Å². The summed E-state index contributed by atoms with van der Waals surface area (Å²) in [4.78, 5) is 37.5. The van der Waals surface area contributed by atoms with E-state index >= 15 is 0 Å². The van der Waals surface area contributed by atoms with Gasteiger partial charge in [0.05, 0.1) is 0 Å². The fourth-order valence-corrected chi connectivity index (χ4v) is 3.02. The van der Waals surface area contributed by atoms with Crippen molar-refractivity contribution in [3.8, 4) is 0 Å². The third-order valence-corrected chi connectivity index (χ3v) is 4.54. The lowest BCUT2D eigenvalue weighted by molar-refractivity contribution is -0.117. The number of carbonyl (C=O) groups excluding carboxylic acids is 3. The van der Waals surface area contributed by atoms with E-state index in [1.165, 1.54) is 13.8 Å². The summed E-state index contributed by atoms with van der Waals surface area (Å²) in [6, 6.07) is 14.6. The van der Waals surface area contributed by atoms with Crippen molar-refractivity contribution in [3.05, 3.63) is 59.7 Å². The number of nitrogens with one attached hydrogen (secondary N) is 1. The molecule has 0 aliphatic rings. The van der Waals surface area contributed by atoms with Crippen LogP contribution >= 0.6 is 0 Å².